The Balaban J connectivity index is 1.92. The summed E-state index contributed by atoms with van der Waals surface area (Å²) < 4.78 is 36.2. The zero-order valence-corrected chi connectivity index (χ0v) is 13.8. The second kappa shape index (κ2) is 8.18. The van der Waals surface area contributed by atoms with Crippen molar-refractivity contribution in [2.24, 2.45) is 7.05 Å². The smallest absolute Gasteiger partial charge is 0.360 e. The van der Waals surface area contributed by atoms with Gasteiger partial charge in [-0.2, -0.15) is 5.10 Å². The second-order valence-corrected chi connectivity index (χ2v) is 4.94. The largest absolute Gasteiger partial charge is 0.461 e. The van der Waals surface area contributed by atoms with Gasteiger partial charge in [-0.3, -0.25) is 14.3 Å². The molecule has 12 heteroatoms. The van der Waals surface area contributed by atoms with Crippen LogP contribution in [-0.4, -0.2) is 39.3 Å². The molecule has 2 heterocycles. The van der Waals surface area contributed by atoms with Crippen molar-refractivity contribution in [3.8, 4) is 0 Å². The number of alkyl halides is 2. The van der Waals surface area contributed by atoms with E-state index in [1.807, 2.05) is 0 Å². The molecule has 0 bridgehead atoms. The van der Waals surface area contributed by atoms with E-state index in [9.17, 15) is 23.2 Å². The SMILES string of the molecule is CCOC(=O)c1cc(CNC(=O)C(=O)Nc2cn(C)nc2C(F)F)on1. The number of halogens is 2. The van der Waals surface area contributed by atoms with E-state index < -0.39 is 29.9 Å². The maximum atomic E-state index is 12.8. The van der Waals surface area contributed by atoms with Crippen molar-refractivity contribution in [1.29, 1.82) is 0 Å². The third-order valence-corrected chi connectivity index (χ3v) is 2.99. The molecule has 0 fully saturated rings. The summed E-state index contributed by atoms with van der Waals surface area (Å²) in [6.07, 6.45) is -1.76. The number of nitrogens with zero attached hydrogens (tertiary/aromatic N) is 3. The molecule has 0 aromatic carbocycles. The molecule has 10 nitrogen and oxygen atoms in total. The van der Waals surface area contributed by atoms with Crippen LogP contribution in [-0.2, 0) is 27.9 Å². The minimum Gasteiger partial charge on any atom is -0.461 e. The first-order valence-electron chi connectivity index (χ1n) is 7.35. The number of carbonyl (C=O) groups is 3. The van der Waals surface area contributed by atoms with Gasteiger partial charge in [0.25, 0.3) is 6.43 Å². The molecule has 2 rings (SSSR count). The Morgan fingerprint density at radius 3 is 2.73 bits per heavy atom. The van der Waals surface area contributed by atoms with Gasteiger partial charge < -0.3 is 19.9 Å². The lowest BCUT2D eigenvalue weighted by Gasteiger charge is -2.05. The number of amides is 2. The van der Waals surface area contributed by atoms with Crippen LogP contribution in [0.3, 0.4) is 0 Å². The van der Waals surface area contributed by atoms with Crippen LogP contribution < -0.4 is 10.6 Å². The molecule has 0 atom stereocenters. The number of hydrogen-bond acceptors (Lipinski definition) is 7. The number of nitrogens with one attached hydrogen (secondary N) is 2. The third-order valence-electron chi connectivity index (χ3n) is 2.99. The van der Waals surface area contributed by atoms with Crippen LogP contribution in [0.2, 0.25) is 0 Å². The number of anilines is 1. The highest BCUT2D eigenvalue weighted by Gasteiger charge is 2.22. The Labute approximate surface area is 145 Å². The predicted molar refractivity (Wildman–Crippen MR) is 81.1 cm³/mol. The molecule has 0 aliphatic heterocycles. The molecular formula is C14H15F2N5O5. The van der Waals surface area contributed by atoms with Crippen LogP contribution in [0.1, 0.15) is 35.3 Å². The number of aromatic nitrogens is 3. The topological polar surface area (TPSA) is 128 Å². The summed E-state index contributed by atoms with van der Waals surface area (Å²) in [7, 11) is 1.40. The molecular weight excluding hydrogens is 356 g/mol. The molecule has 0 aliphatic rings. The molecule has 26 heavy (non-hydrogen) atoms. The van der Waals surface area contributed by atoms with Gasteiger partial charge in [0.1, 0.15) is 0 Å². The van der Waals surface area contributed by atoms with Crippen molar-refractivity contribution in [2.45, 2.75) is 19.9 Å². The number of aryl methyl sites for hydroxylation is 1. The quantitative estimate of drug-likeness (QED) is 0.567. The highest BCUT2D eigenvalue weighted by atomic mass is 19.3. The molecule has 0 saturated heterocycles. The van der Waals surface area contributed by atoms with Gasteiger partial charge in [-0.15, -0.1) is 0 Å². The summed E-state index contributed by atoms with van der Waals surface area (Å²) in [5.74, 6) is -2.85. The zero-order chi connectivity index (χ0) is 19.3. The number of hydrogen-bond donors (Lipinski definition) is 2. The second-order valence-electron chi connectivity index (χ2n) is 4.94. The first-order chi connectivity index (χ1) is 12.3. The van der Waals surface area contributed by atoms with Crippen molar-refractivity contribution in [3.05, 3.63) is 29.4 Å². The van der Waals surface area contributed by atoms with Crippen LogP contribution in [0.4, 0.5) is 14.5 Å². The van der Waals surface area contributed by atoms with Crippen LogP contribution in [0.15, 0.2) is 16.8 Å². The van der Waals surface area contributed by atoms with Gasteiger partial charge in [0.15, 0.2) is 17.1 Å². The highest BCUT2D eigenvalue weighted by molar-refractivity contribution is 6.39. The highest BCUT2D eigenvalue weighted by Crippen LogP contribution is 2.24. The molecule has 0 saturated carbocycles. The van der Waals surface area contributed by atoms with E-state index in [0.29, 0.717) is 0 Å². The van der Waals surface area contributed by atoms with Gasteiger partial charge in [-0.1, -0.05) is 5.16 Å². The molecule has 0 aliphatic carbocycles. The maximum Gasteiger partial charge on any atom is 0.360 e. The van der Waals surface area contributed by atoms with Gasteiger partial charge in [0.05, 0.1) is 18.8 Å². The molecule has 2 N–H and O–H groups in total. The Hall–Kier alpha value is -3.31. The Bertz CT molecular complexity index is 817. The van der Waals surface area contributed by atoms with Crippen molar-refractivity contribution >= 4 is 23.5 Å². The Kier molecular flexibility index (Phi) is 5.98. The lowest BCUT2D eigenvalue weighted by molar-refractivity contribution is -0.136. The average Bonchev–Trinajstić information content (AvgIpc) is 3.19. The molecule has 2 aromatic rings. The average molecular weight is 371 g/mol. The van der Waals surface area contributed by atoms with Crippen molar-refractivity contribution in [2.75, 3.05) is 11.9 Å². The van der Waals surface area contributed by atoms with Crippen molar-refractivity contribution in [1.82, 2.24) is 20.3 Å². The van der Waals surface area contributed by atoms with E-state index in [1.165, 1.54) is 13.1 Å². The van der Waals surface area contributed by atoms with Crippen LogP contribution >= 0.6 is 0 Å². The van der Waals surface area contributed by atoms with Crippen LogP contribution in [0, 0.1) is 0 Å². The fourth-order valence-corrected chi connectivity index (χ4v) is 1.89. The number of rotatable bonds is 6. The fourth-order valence-electron chi connectivity index (χ4n) is 1.89. The minimum atomic E-state index is -2.91. The Morgan fingerprint density at radius 2 is 2.08 bits per heavy atom. The molecule has 0 radical (unpaired) electrons. The van der Waals surface area contributed by atoms with E-state index in [-0.39, 0.29) is 30.3 Å². The van der Waals surface area contributed by atoms with Gasteiger partial charge in [0, 0.05) is 19.3 Å². The van der Waals surface area contributed by atoms with Gasteiger partial charge in [-0.05, 0) is 6.92 Å². The predicted octanol–water partition coefficient (Wildman–Crippen LogP) is 0.777. The summed E-state index contributed by atoms with van der Waals surface area (Å²) in [6, 6.07) is 1.24. The molecule has 2 amide bonds. The third kappa shape index (κ3) is 4.62. The van der Waals surface area contributed by atoms with E-state index in [2.05, 4.69) is 20.9 Å². The van der Waals surface area contributed by atoms with Crippen molar-refractivity contribution in [3.63, 3.8) is 0 Å². The normalized spacial score (nSPS) is 10.7. The van der Waals surface area contributed by atoms with E-state index in [0.717, 1.165) is 10.9 Å². The molecule has 0 spiro atoms. The zero-order valence-electron chi connectivity index (χ0n) is 13.8. The standard InChI is InChI=1S/C14H15F2N5O5/c1-3-25-14(24)8-4-7(26-20-8)5-17-12(22)13(23)18-9-6-21(2)19-10(9)11(15)16/h4,6,11H,3,5H2,1-2H3,(H,17,22)(H,18,23). The number of ether oxygens (including phenoxy) is 1. The van der Waals surface area contributed by atoms with Gasteiger partial charge in [0.2, 0.25) is 0 Å². The van der Waals surface area contributed by atoms with Crippen LogP contribution in [0.25, 0.3) is 0 Å². The van der Waals surface area contributed by atoms with Crippen LogP contribution in [0.5, 0.6) is 0 Å². The first kappa shape index (κ1) is 19.0. The van der Waals surface area contributed by atoms with E-state index in [4.69, 9.17) is 9.26 Å². The number of carbonyl (C=O) groups excluding carboxylic acids is 3. The molecule has 140 valence electrons. The lowest BCUT2D eigenvalue weighted by atomic mass is 10.3. The van der Waals surface area contributed by atoms with E-state index in [1.54, 1.807) is 6.92 Å². The summed E-state index contributed by atoms with van der Waals surface area (Å²) in [5, 5.41) is 11.2. The maximum absolute atomic E-state index is 12.8. The van der Waals surface area contributed by atoms with Gasteiger partial charge in [-0.25, -0.2) is 13.6 Å². The summed E-state index contributed by atoms with van der Waals surface area (Å²) in [4.78, 5) is 35.0. The first-order valence-corrected chi connectivity index (χ1v) is 7.35. The summed E-state index contributed by atoms with van der Waals surface area (Å²) in [6.45, 7) is 1.54. The minimum absolute atomic E-state index is 0.0857. The monoisotopic (exact) mass is 371 g/mol. The van der Waals surface area contributed by atoms with Crippen molar-refractivity contribution < 1.29 is 32.4 Å². The lowest BCUT2D eigenvalue weighted by Crippen LogP contribution is -2.35. The Morgan fingerprint density at radius 1 is 1.35 bits per heavy atom. The fraction of sp³-hybridized carbons (Fsp3) is 0.357. The molecule has 2 aromatic heterocycles. The number of esters is 1. The summed E-state index contributed by atoms with van der Waals surface area (Å²) in [5.41, 5.74) is -1.01. The van der Waals surface area contributed by atoms with Gasteiger partial charge >= 0.3 is 17.8 Å². The van der Waals surface area contributed by atoms with E-state index >= 15 is 0 Å². The molecule has 0 unspecified atom stereocenters. The summed E-state index contributed by atoms with van der Waals surface area (Å²) >= 11 is 0.